The van der Waals surface area contributed by atoms with Gasteiger partial charge in [0.15, 0.2) is 5.82 Å². The van der Waals surface area contributed by atoms with Crippen LogP contribution in [0.25, 0.3) is 0 Å². The van der Waals surface area contributed by atoms with Crippen molar-refractivity contribution in [1.29, 1.82) is 5.41 Å². The lowest BCUT2D eigenvalue weighted by Gasteiger charge is -2.32. The summed E-state index contributed by atoms with van der Waals surface area (Å²) in [6.07, 6.45) is 4.98. The van der Waals surface area contributed by atoms with Gasteiger partial charge in [0, 0.05) is 95.1 Å². The molecule has 0 bridgehead atoms. The molecule has 0 aliphatic rings. The zero-order chi connectivity index (χ0) is 41.4. The smallest absolute Gasteiger partial charge is 0.274 e. The summed E-state index contributed by atoms with van der Waals surface area (Å²) in [6, 6.07) is 14.9. The highest BCUT2D eigenvalue weighted by Gasteiger charge is 2.28. The molecule has 0 aliphatic carbocycles. The fourth-order valence-corrected chi connectivity index (χ4v) is 6.74. The van der Waals surface area contributed by atoms with Gasteiger partial charge in [-0.25, -0.2) is 10.0 Å². The maximum absolute atomic E-state index is 13.8. The molecule has 0 unspecified atom stereocenters. The van der Waals surface area contributed by atoms with Crippen LogP contribution in [-0.2, 0) is 28.2 Å². The lowest BCUT2D eigenvalue weighted by Crippen LogP contribution is -2.49. The van der Waals surface area contributed by atoms with Crippen LogP contribution in [0.15, 0.2) is 73.2 Å². The number of nitrogens with zero attached hydrogens (tertiary/aromatic N) is 7. The molecule has 1 aromatic carbocycles. The maximum atomic E-state index is 13.8. The van der Waals surface area contributed by atoms with Crippen molar-refractivity contribution in [3.05, 3.63) is 102 Å². The number of aryl methyl sites for hydroxylation is 4. The van der Waals surface area contributed by atoms with Crippen LogP contribution in [0.5, 0.6) is 0 Å². The minimum atomic E-state index is -0.508. The average molecular weight is 910 g/mol. The highest BCUT2D eigenvalue weighted by molar-refractivity contribution is 9.09. The molecular weight excluding hydrogens is 866 g/mol. The van der Waals surface area contributed by atoms with Crippen LogP contribution < -0.4 is 32.0 Å². The molecule has 4 heterocycles. The molecule has 0 aliphatic heterocycles. The Balaban J connectivity index is 1.26. The highest BCUT2D eigenvalue weighted by Crippen LogP contribution is 2.23. The molecule has 18 nitrogen and oxygen atoms in total. The number of amides is 5. The topological polar surface area (TPSA) is 222 Å². The van der Waals surface area contributed by atoms with E-state index in [0.29, 0.717) is 52.1 Å². The molecule has 0 saturated heterocycles. The molecule has 5 aromatic rings. The quantitative estimate of drug-likeness (QED) is 0.0347. The first-order valence-electron chi connectivity index (χ1n) is 17.5. The molecule has 4 aromatic heterocycles. The van der Waals surface area contributed by atoms with Crippen LogP contribution >= 0.6 is 31.9 Å². The summed E-state index contributed by atoms with van der Waals surface area (Å²) in [4.78, 5) is 66.5. The van der Waals surface area contributed by atoms with Crippen molar-refractivity contribution in [2.45, 2.75) is 6.42 Å². The van der Waals surface area contributed by atoms with E-state index in [9.17, 15) is 24.0 Å². The fraction of sp³-hybridized carbons (Fsp3) is 0.270. The van der Waals surface area contributed by atoms with Gasteiger partial charge in [-0.15, -0.1) is 0 Å². The van der Waals surface area contributed by atoms with E-state index in [4.69, 9.17) is 11.1 Å². The van der Waals surface area contributed by atoms with E-state index < -0.39 is 17.7 Å². The first-order chi connectivity index (χ1) is 27.2. The number of hydrazine groups is 1. The number of nitrogens with two attached hydrogens (primary N) is 1. The third-order valence-electron chi connectivity index (χ3n) is 8.66. The van der Waals surface area contributed by atoms with Crippen LogP contribution in [-0.4, -0.2) is 94.2 Å². The van der Waals surface area contributed by atoms with Crippen LogP contribution in [0.4, 0.5) is 22.9 Å². The molecule has 7 N–H and O–H groups in total. The Bertz CT molecular complexity index is 2290. The third-order valence-corrected chi connectivity index (χ3v) is 9.37. The van der Waals surface area contributed by atoms with Gasteiger partial charge >= 0.3 is 0 Å². The Morgan fingerprint density at radius 1 is 0.702 bits per heavy atom. The number of halogens is 2. The molecule has 0 radical (unpaired) electrons. The maximum Gasteiger partial charge on any atom is 0.274 e. The van der Waals surface area contributed by atoms with E-state index in [1.807, 2.05) is 11.1 Å². The van der Waals surface area contributed by atoms with Crippen LogP contribution in [0.2, 0.25) is 0 Å². The minimum Gasteiger partial charge on any atom is -0.388 e. The van der Waals surface area contributed by atoms with Crippen molar-refractivity contribution >= 4 is 90.1 Å². The largest absolute Gasteiger partial charge is 0.388 e. The summed E-state index contributed by atoms with van der Waals surface area (Å²) in [6.45, 7) is 1.20. The molecule has 0 atom stereocenters. The summed E-state index contributed by atoms with van der Waals surface area (Å²) in [7, 11) is 6.58. The fourth-order valence-electron chi connectivity index (χ4n) is 5.92. The summed E-state index contributed by atoms with van der Waals surface area (Å²) in [5.41, 5.74) is 7.83. The number of hydrogen-bond donors (Lipinski definition) is 6. The normalized spacial score (nSPS) is 11.0. The van der Waals surface area contributed by atoms with E-state index in [2.05, 4.69) is 58.2 Å². The summed E-state index contributed by atoms with van der Waals surface area (Å²) in [5.74, 6) is -1.93. The molecule has 0 spiro atoms. The molecule has 20 heteroatoms. The molecule has 57 heavy (non-hydrogen) atoms. The summed E-state index contributed by atoms with van der Waals surface area (Å²) >= 11 is 6.94. The first kappa shape index (κ1) is 42.2. The van der Waals surface area contributed by atoms with Crippen LogP contribution in [0, 0.1) is 5.41 Å². The van der Waals surface area contributed by atoms with E-state index in [-0.39, 0.29) is 53.5 Å². The van der Waals surface area contributed by atoms with E-state index in [0.717, 1.165) is 0 Å². The van der Waals surface area contributed by atoms with Gasteiger partial charge in [-0.1, -0.05) is 50.1 Å². The second-order valence-electron chi connectivity index (χ2n) is 12.9. The minimum absolute atomic E-state index is 0.0384. The van der Waals surface area contributed by atoms with Gasteiger partial charge in [0.1, 0.15) is 22.8 Å². The van der Waals surface area contributed by atoms with Crippen molar-refractivity contribution in [1.82, 2.24) is 33.8 Å². The van der Waals surface area contributed by atoms with Crippen molar-refractivity contribution in [2.24, 2.45) is 33.9 Å². The number of carbonyl (C=O) groups is 5. The van der Waals surface area contributed by atoms with E-state index in [1.165, 1.54) is 34.0 Å². The van der Waals surface area contributed by atoms with Gasteiger partial charge in [0.05, 0.1) is 22.9 Å². The number of amidine groups is 1. The Morgan fingerprint density at radius 3 is 1.61 bits per heavy atom. The Kier molecular flexibility index (Phi) is 13.9. The van der Waals surface area contributed by atoms with Crippen LogP contribution in [0.3, 0.4) is 0 Å². The lowest BCUT2D eigenvalue weighted by atomic mass is 10.2. The third kappa shape index (κ3) is 10.3. The van der Waals surface area contributed by atoms with Gasteiger partial charge in [0.25, 0.3) is 29.5 Å². The second-order valence-corrected chi connectivity index (χ2v) is 14.5. The van der Waals surface area contributed by atoms with Gasteiger partial charge in [0.2, 0.25) is 0 Å². The number of aromatic nitrogens is 5. The SMILES string of the molecule is Cn1cc(NC(=O)c2cc(NC(=O)c3cc(NC(=O)c4cc(N(C(=O)c5ccccc5)N(CCBr)CCBr)nn4C)cn3C)cn2C)cc1C(=O)NCCC(=N)N. The van der Waals surface area contributed by atoms with Crippen LogP contribution in [0.1, 0.15) is 58.7 Å². The standard InChI is InChI=1S/C37H43Br2N13O5/c1-47-20-24(16-27(47)33(53)42-13-10-31(40)41)43-34(54)28-17-25(21-48(28)2)44-35(55)29-18-26(22-49(29)3)45-36(56)30-19-32(46-50(30)4)52(51(14-11-38)15-12-39)37(57)23-8-6-5-7-9-23/h5-9,16-22H,10-15H2,1-4H3,(H3,40,41)(H,42,53)(H,43,54)(H,44,55)(H,45,56). The Morgan fingerprint density at radius 2 is 1.16 bits per heavy atom. The number of alkyl halides is 2. The predicted octanol–water partition coefficient (Wildman–Crippen LogP) is 3.90. The van der Waals surface area contributed by atoms with Crippen molar-refractivity contribution in [3.63, 3.8) is 0 Å². The van der Waals surface area contributed by atoms with Gasteiger partial charge in [-0.05, 0) is 30.3 Å². The van der Waals surface area contributed by atoms with E-state index in [1.54, 1.807) is 84.7 Å². The van der Waals surface area contributed by atoms with Gasteiger partial charge in [-0.3, -0.25) is 34.1 Å². The zero-order valence-electron chi connectivity index (χ0n) is 31.7. The number of anilines is 4. The molecule has 0 saturated carbocycles. The zero-order valence-corrected chi connectivity index (χ0v) is 34.8. The molecule has 5 rings (SSSR count). The average Bonchev–Trinajstić information content (AvgIpc) is 3.93. The lowest BCUT2D eigenvalue weighted by molar-refractivity contribution is 0.0900. The number of carbonyl (C=O) groups excluding carboxylic acids is 5. The number of benzene rings is 1. The van der Waals surface area contributed by atoms with Gasteiger partial charge in [-0.2, -0.15) is 5.10 Å². The molecular formula is C37H43Br2N13O5. The second kappa shape index (κ2) is 18.8. The Labute approximate surface area is 345 Å². The predicted molar refractivity (Wildman–Crippen MR) is 225 cm³/mol. The monoisotopic (exact) mass is 907 g/mol. The Hall–Kier alpha value is -5.99. The van der Waals surface area contributed by atoms with Crippen molar-refractivity contribution in [2.75, 3.05) is 51.3 Å². The molecule has 5 amide bonds. The van der Waals surface area contributed by atoms with Crippen molar-refractivity contribution < 1.29 is 24.0 Å². The molecule has 0 fully saturated rings. The van der Waals surface area contributed by atoms with Crippen molar-refractivity contribution in [3.8, 4) is 0 Å². The van der Waals surface area contributed by atoms with Gasteiger partial charge < -0.3 is 40.7 Å². The molecule has 300 valence electrons. The summed E-state index contributed by atoms with van der Waals surface area (Å²) < 4.78 is 6.06. The number of hydrogen-bond acceptors (Lipinski definition) is 8. The number of rotatable bonds is 17. The first-order valence-corrected chi connectivity index (χ1v) is 19.8. The number of nitrogens with one attached hydrogen (secondary N) is 5. The van der Waals surface area contributed by atoms with E-state index >= 15 is 0 Å². The summed E-state index contributed by atoms with van der Waals surface area (Å²) in [5, 5.41) is 27.4. The highest BCUT2D eigenvalue weighted by atomic mass is 79.9.